The number of carbonyl (C=O) groups excluding carboxylic acids is 1. The van der Waals surface area contributed by atoms with Crippen LogP contribution < -0.4 is 5.32 Å². The van der Waals surface area contributed by atoms with Crippen LogP contribution in [0.4, 0.5) is 0 Å². The number of nitrogens with one attached hydrogen (secondary N) is 1. The molecule has 2 N–H and O–H groups in total. The molecule has 0 fully saturated rings. The molecule has 0 spiro atoms. The summed E-state index contributed by atoms with van der Waals surface area (Å²) in [6.07, 6.45) is 0. The summed E-state index contributed by atoms with van der Waals surface area (Å²) in [5, 5.41) is 15.0. The highest BCUT2D eigenvalue weighted by Gasteiger charge is 2.15. The first-order chi connectivity index (χ1) is 13.2. The maximum absolute atomic E-state index is 12.6. The van der Waals surface area contributed by atoms with Crippen molar-refractivity contribution in [2.75, 3.05) is 0 Å². The zero-order valence-electron chi connectivity index (χ0n) is 15.1. The van der Waals surface area contributed by atoms with Crippen LogP contribution in [-0.2, 0) is 17.9 Å². The summed E-state index contributed by atoms with van der Waals surface area (Å²) in [4.78, 5) is 17.0. The zero-order chi connectivity index (χ0) is 18.8. The fourth-order valence-electron chi connectivity index (χ4n) is 3.41. The van der Waals surface area contributed by atoms with E-state index in [0.29, 0.717) is 5.82 Å². The van der Waals surface area contributed by atoms with Gasteiger partial charge in [0.05, 0.1) is 17.1 Å². The van der Waals surface area contributed by atoms with Gasteiger partial charge in [-0.3, -0.25) is 4.79 Å². The van der Waals surface area contributed by atoms with Crippen molar-refractivity contribution < 1.29 is 9.90 Å². The second kappa shape index (κ2) is 7.21. The number of para-hydroxylation sites is 2. The van der Waals surface area contributed by atoms with Crippen LogP contribution in [0.5, 0.6) is 0 Å². The molecule has 4 rings (SSSR count). The predicted octanol–water partition coefficient (Wildman–Crippen LogP) is 3.56. The number of aliphatic hydroxyl groups is 1. The molecule has 1 atom stereocenters. The molecule has 27 heavy (non-hydrogen) atoms. The van der Waals surface area contributed by atoms with Crippen LogP contribution in [-0.4, -0.2) is 20.6 Å². The molecule has 0 bridgehead atoms. The Morgan fingerprint density at radius 2 is 1.81 bits per heavy atom. The Kier molecular flexibility index (Phi) is 4.60. The van der Waals surface area contributed by atoms with Gasteiger partial charge in [-0.05, 0) is 41.5 Å². The molecule has 4 aromatic rings. The molecular formula is C22H21N3O2. The summed E-state index contributed by atoms with van der Waals surface area (Å²) >= 11 is 0. The molecule has 1 aromatic heterocycles. The molecule has 0 saturated carbocycles. The first-order valence-electron chi connectivity index (χ1n) is 8.99. The normalized spacial score (nSPS) is 12.4. The van der Waals surface area contributed by atoms with E-state index in [4.69, 9.17) is 0 Å². The van der Waals surface area contributed by atoms with Crippen LogP contribution in [0.3, 0.4) is 0 Å². The third-order valence-electron chi connectivity index (χ3n) is 4.83. The van der Waals surface area contributed by atoms with E-state index in [9.17, 15) is 9.90 Å². The van der Waals surface area contributed by atoms with Gasteiger partial charge in [-0.1, -0.05) is 48.5 Å². The second-order valence-corrected chi connectivity index (χ2v) is 6.66. The van der Waals surface area contributed by atoms with E-state index < -0.39 is 0 Å². The largest absolute Gasteiger partial charge is 0.388 e. The van der Waals surface area contributed by atoms with Crippen molar-refractivity contribution in [2.45, 2.75) is 26.1 Å². The topological polar surface area (TPSA) is 67.2 Å². The second-order valence-electron chi connectivity index (χ2n) is 6.66. The number of hydrogen-bond acceptors (Lipinski definition) is 3. The van der Waals surface area contributed by atoms with Crippen molar-refractivity contribution in [3.8, 4) is 0 Å². The molecule has 0 aliphatic rings. The molecular weight excluding hydrogens is 338 g/mol. The highest BCUT2D eigenvalue weighted by atomic mass is 16.3. The predicted molar refractivity (Wildman–Crippen MR) is 106 cm³/mol. The van der Waals surface area contributed by atoms with Gasteiger partial charge in [-0.2, -0.15) is 0 Å². The van der Waals surface area contributed by atoms with Crippen LogP contribution in [0.1, 0.15) is 24.4 Å². The third-order valence-corrected chi connectivity index (χ3v) is 4.83. The Morgan fingerprint density at radius 1 is 1.07 bits per heavy atom. The van der Waals surface area contributed by atoms with Crippen LogP contribution in [0.2, 0.25) is 0 Å². The number of hydrogen-bond donors (Lipinski definition) is 2. The summed E-state index contributed by atoms with van der Waals surface area (Å²) in [5.41, 5.74) is 2.67. The SMILES string of the molecule is CC(NC(=O)Cn1c(CO)nc2ccccc21)c1ccc2ccccc2c1. The van der Waals surface area contributed by atoms with E-state index in [2.05, 4.69) is 34.6 Å². The molecule has 3 aromatic carbocycles. The lowest BCUT2D eigenvalue weighted by Gasteiger charge is -2.16. The number of rotatable bonds is 5. The molecule has 1 amide bonds. The zero-order valence-corrected chi connectivity index (χ0v) is 15.1. The summed E-state index contributed by atoms with van der Waals surface area (Å²) in [6.45, 7) is 1.89. The van der Waals surface area contributed by atoms with Crippen molar-refractivity contribution >= 4 is 27.7 Å². The number of benzene rings is 3. The first-order valence-corrected chi connectivity index (χ1v) is 8.99. The van der Waals surface area contributed by atoms with Gasteiger partial charge in [0, 0.05) is 0 Å². The maximum Gasteiger partial charge on any atom is 0.240 e. The number of fused-ring (bicyclic) bond motifs is 2. The van der Waals surface area contributed by atoms with Crippen molar-refractivity contribution in [1.82, 2.24) is 14.9 Å². The number of imidazole rings is 1. The first kappa shape index (κ1) is 17.2. The Hall–Kier alpha value is -3.18. The van der Waals surface area contributed by atoms with Crippen LogP contribution >= 0.6 is 0 Å². The van der Waals surface area contributed by atoms with Gasteiger partial charge in [0.2, 0.25) is 5.91 Å². The lowest BCUT2D eigenvalue weighted by atomic mass is 10.0. The summed E-state index contributed by atoms with van der Waals surface area (Å²) in [5.74, 6) is 0.373. The quantitative estimate of drug-likeness (QED) is 0.572. The molecule has 0 saturated heterocycles. The molecule has 5 nitrogen and oxygen atoms in total. The maximum atomic E-state index is 12.6. The number of nitrogens with zero attached hydrogens (tertiary/aromatic N) is 2. The van der Waals surface area contributed by atoms with Crippen LogP contribution in [0.25, 0.3) is 21.8 Å². The molecule has 0 radical (unpaired) electrons. The highest BCUT2D eigenvalue weighted by Crippen LogP contribution is 2.21. The molecule has 5 heteroatoms. The third kappa shape index (κ3) is 3.41. The van der Waals surface area contributed by atoms with E-state index in [-0.39, 0.29) is 25.1 Å². The van der Waals surface area contributed by atoms with Crippen molar-refractivity contribution in [3.63, 3.8) is 0 Å². The molecule has 1 unspecified atom stereocenters. The van der Waals surface area contributed by atoms with Crippen LogP contribution in [0, 0.1) is 0 Å². The van der Waals surface area contributed by atoms with Gasteiger partial charge in [-0.15, -0.1) is 0 Å². The minimum atomic E-state index is -0.206. The van der Waals surface area contributed by atoms with E-state index >= 15 is 0 Å². The number of aliphatic hydroxyl groups excluding tert-OH is 1. The molecule has 1 heterocycles. The Balaban J connectivity index is 1.53. The molecule has 136 valence electrons. The molecule has 0 aliphatic carbocycles. The highest BCUT2D eigenvalue weighted by molar-refractivity contribution is 5.84. The van der Waals surface area contributed by atoms with Crippen molar-refractivity contribution in [2.24, 2.45) is 0 Å². The van der Waals surface area contributed by atoms with Crippen molar-refractivity contribution in [3.05, 3.63) is 78.1 Å². The van der Waals surface area contributed by atoms with E-state index in [1.54, 1.807) is 4.57 Å². The van der Waals surface area contributed by atoms with Gasteiger partial charge in [0.1, 0.15) is 19.0 Å². The smallest absolute Gasteiger partial charge is 0.240 e. The number of amides is 1. The lowest BCUT2D eigenvalue weighted by Crippen LogP contribution is -2.30. The van der Waals surface area contributed by atoms with Gasteiger partial charge < -0.3 is 15.0 Å². The van der Waals surface area contributed by atoms with Crippen molar-refractivity contribution in [1.29, 1.82) is 0 Å². The van der Waals surface area contributed by atoms with Crippen LogP contribution in [0.15, 0.2) is 66.7 Å². The Morgan fingerprint density at radius 3 is 2.63 bits per heavy atom. The fraction of sp³-hybridized carbons (Fsp3) is 0.182. The van der Waals surface area contributed by atoms with Gasteiger partial charge in [-0.25, -0.2) is 4.98 Å². The minimum absolute atomic E-state index is 0.116. The summed E-state index contributed by atoms with van der Waals surface area (Å²) in [7, 11) is 0. The minimum Gasteiger partial charge on any atom is -0.388 e. The van der Waals surface area contributed by atoms with Gasteiger partial charge >= 0.3 is 0 Å². The number of aromatic nitrogens is 2. The Labute approximate surface area is 157 Å². The number of carbonyl (C=O) groups is 1. The summed E-state index contributed by atoms with van der Waals surface area (Å²) in [6, 6.07) is 21.8. The van der Waals surface area contributed by atoms with E-state index in [0.717, 1.165) is 22.0 Å². The monoisotopic (exact) mass is 359 g/mol. The summed E-state index contributed by atoms with van der Waals surface area (Å²) < 4.78 is 1.76. The standard InChI is InChI=1S/C22H21N3O2/c1-15(17-11-10-16-6-2-3-7-18(16)12-17)23-22(27)13-25-20-9-5-4-8-19(20)24-21(25)14-26/h2-12,15,26H,13-14H2,1H3,(H,23,27). The average Bonchev–Trinajstić information content (AvgIpc) is 3.05. The lowest BCUT2D eigenvalue weighted by molar-refractivity contribution is -0.122. The van der Waals surface area contributed by atoms with E-state index in [1.165, 1.54) is 5.39 Å². The van der Waals surface area contributed by atoms with E-state index in [1.807, 2.05) is 49.4 Å². The Bertz CT molecular complexity index is 1120. The molecule has 0 aliphatic heterocycles. The average molecular weight is 359 g/mol. The fourth-order valence-corrected chi connectivity index (χ4v) is 3.41. The van der Waals surface area contributed by atoms with Gasteiger partial charge in [0.15, 0.2) is 0 Å². The van der Waals surface area contributed by atoms with Gasteiger partial charge in [0.25, 0.3) is 0 Å².